The number of anilines is 1. The zero-order chi connectivity index (χ0) is 30.1. The number of halogens is 3. The van der Waals surface area contributed by atoms with Gasteiger partial charge >= 0.3 is 0 Å². The Labute approximate surface area is 250 Å². The maximum absolute atomic E-state index is 14.5. The summed E-state index contributed by atoms with van der Waals surface area (Å²) in [6.45, 7) is 10.9. The molecule has 1 saturated heterocycles. The van der Waals surface area contributed by atoms with Crippen molar-refractivity contribution in [3.63, 3.8) is 0 Å². The van der Waals surface area contributed by atoms with Crippen LogP contribution in [0.3, 0.4) is 0 Å². The average Bonchev–Trinajstić information content (AvgIpc) is 3.54. The third-order valence-electron chi connectivity index (χ3n) is 8.28. The lowest BCUT2D eigenvalue weighted by Crippen LogP contribution is -2.53. The van der Waals surface area contributed by atoms with E-state index in [4.69, 9.17) is 15.2 Å². The summed E-state index contributed by atoms with van der Waals surface area (Å²) >= 11 is 2.88. The molecule has 0 spiro atoms. The van der Waals surface area contributed by atoms with E-state index in [-0.39, 0.29) is 38.8 Å². The number of carbonyl (C=O) groups is 1. The number of carbonyl (C=O) groups excluding carboxylic acids is 1. The van der Waals surface area contributed by atoms with E-state index >= 15 is 0 Å². The van der Waals surface area contributed by atoms with E-state index in [9.17, 15) is 13.6 Å². The van der Waals surface area contributed by atoms with Gasteiger partial charge in [0.05, 0.1) is 39.0 Å². The van der Waals surface area contributed by atoms with Crippen molar-refractivity contribution < 1.29 is 18.1 Å². The first-order valence-electron chi connectivity index (χ1n) is 14.2. The molecular formula is C30H34BrF2N7O2. The van der Waals surface area contributed by atoms with Gasteiger partial charge < -0.3 is 15.2 Å². The number of hydrogen-bond acceptors (Lipinski definition) is 7. The minimum atomic E-state index is -0.885. The molecule has 1 aliphatic carbocycles. The van der Waals surface area contributed by atoms with Crippen LogP contribution in [0.25, 0.3) is 22.4 Å². The third kappa shape index (κ3) is 5.18. The van der Waals surface area contributed by atoms with Crippen molar-refractivity contribution in [3.05, 3.63) is 51.4 Å². The van der Waals surface area contributed by atoms with Crippen molar-refractivity contribution in [2.24, 2.45) is 5.41 Å². The Kier molecular flexibility index (Phi) is 6.90. The molecule has 42 heavy (non-hydrogen) atoms. The van der Waals surface area contributed by atoms with Crippen LogP contribution in [0.15, 0.2) is 27.3 Å². The maximum Gasteiger partial charge on any atom is 0.259 e. The standard InChI is InChI=1S/C30H34BrF2N7O2/c1-29(2,3)12-21-23-18(11-20(15-6-7-15)35-27(23)42-37-21)28(41)39-13-16(8-9-30(39,4)5)40-14-22(36-38-40)17-10-19(32)24(31)25(33)26(17)34/h10-11,14-16H,6-9,12-13,34H2,1-5H3. The topological polar surface area (TPSA) is 116 Å². The van der Waals surface area contributed by atoms with Crippen molar-refractivity contribution in [2.45, 2.75) is 84.2 Å². The van der Waals surface area contributed by atoms with Gasteiger partial charge in [-0.2, -0.15) is 0 Å². The molecule has 2 N–H and O–H groups in total. The van der Waals surface area contributed by atoms with Crippen molar-refractivity contribution in [1.82, 2.24) is 30.0 Å². The summed E-state index contributed by atoms with van der Waals surface area (Å²) in [6.07, 6.45) is 5.79. The summed E-state index contributed by atoms with van der Waals surface area (Å²) < 4.78 is 35.8. The highest BCUT2D eigenvalue weighted by Crippen LogP contribution is 2.42. The number of likely N-dealkylation sites (tertiary alicyclic amines) is 1. The molecule has 1 saturated carbocycles. The van der Waals surface area contributed by atoms with Crippen LogP contribution in [0.1, 0.15) is 94.0 Å². The summed E-state index contributed by atoms with van der Waals surface area (Å²) in [7, 11) is 0. The molecule has 12 heteroatoms. The summed E-state index contributed by atoms with van der Waals surface area (Å²) in [6, 6.07) is 2.86. The van der Waals surface area contributed by atoms with Gasteiger partial charge in [0.15, 0.2) is 5.82 Å². The van der Waals surface area contributed by atoms with Gasteiger partial charge in [-0.05, 0) is 79.4 Å². The van der Waals surface area contributed by atoms with Crippen LogP contribution in [0.5, 0.6) is 0 Å². The summed E-state index contributed by atoms with van der Waals surface area (Å²) in [5.41, 5.74) is 8.15. The monoisotopic (exact) mass is 641 g/mol. The first-order chi connectivity index (χ1) is 19.7. The summed E-state index contributed by atoms with van der Waals surface area (Å²) in [4.78, 5) is 21.1. The molecule has 0 radical (unpaired) electrons. The molecule has 4 heterocycles. The van der Waals surface area contributed by atoms with Crippen LogP contribution in [0, 0.1) is 17.0 Å². The van der Waals surface area contributed by atoms with E-state index in [0.29, 0.717) is 42.0 Å². The molecule has 222 valence electrons. The lowest BCUT2D eigenvalue weighted by Gasteiger charge is -2.45. The molecule has 1 amide bonds. The number of pyridine rings is 1. The molecule has 2 fully saturated rings. The number of nitrogens with zero attached hydrogens (tertiary/aromatic N) is 6. The number of piperidine rings is 1. The molecular weight excluding hydrogens is 608 g/mol. The highest BCUT2D eigenvalue weighted by atomic mass is 79.9. The van der Waals surface area contributed by atoms with E-state index in [1.165, 1.54) is 0 Å². The SMILES string of the molecule is CC(C)(C)Cc1noc2nc(C3CC3)cc(C(=O)N3CC(n4cc(-c5cc(F)c(Br)c(F)c5N)nn4)CCC3(C)C)c12. The van der Waals surface area contributed by atoms with Crippen LogP contribution in [-0.4, -0.2) is 48.0 Å². The Hall–Kier alpha value is -3.41. The first-order valence-corrected chi connectivity index (χ1v) is 15.0. The average molecular weight is 643 g/mol. The Morgan fingerprint density at radius 2 is 1.95 bits per heavy atom. The number of rotatable bonds is 5. The highest BCUT2D eigenvalue weighted by Gasteiger charge is 2.40. The second-order valence-electron chi connectivity index (χ2n) is 13.4. The van der Waals surface area contributed by atoms with E-state index < -0.39 is 17.2 Å². The van der Waals surface area contributed by atoms with E-state index in [2.05, 4.69) is 66.0 Å². The number of benzene rings is 1. The number of nitrogen functional groups attached to an aromatic ring is 1. The zero-order valence-corrected chi connectivity index (χ0v) is 25.9. The first kappa shape index (κ1) is 28.7. The number of nitrogens with two attached hydrogens (primary N) is 1. The number of hydrogen-bond donors (Lipinski definition) is 1. The maximum atomic E-state index is 14.5. The minimum Gasteiger partial charge on any atom is -0.396 e. The van der Waals surface area contributed by atoms with Gasteiger partial charge in [-0.1, -0.05) is 31.1 Å². The zero-order valence-electron chi connectivity index (χ0n) is 24.3. The van der Waals surface area contributed by atoms with Gasteiger partial charge in [0.25, 0.3) is 11.6 Å². The summed E-state index contributed by atoms with van der Waals surface area (Å²) in [5.74, 6) is -1.45. The van der Waals surface area contributed by atoms with Crippen molar-refractivity contribution in [2.75, 3.05) is 12.3 Å². The Morgan fingerprint density at radius 1 is 1.21 bits per heavy atom. The number of aromatic nitrogens is 5. The van der Waals surface area contributed by atoms with Crippen LogP contribution in [0.4, 0.5) is 14.5 Å². The normalized spacial score (nSPS) is 19.0. The van der Waals surface area contributed by atoms with Gasteiger partial charge in [0.2, 0.25) is 0 Å². The highest BCUT2D eigenvalue weighted by molar-refractivity contribution is 9.10. The Balaban J connectivity index is 1.35. The Bertz CT molecular complexity index is 1700. The molecule has 1 aliphatic heterocycles. The lowest BCUT2D eigenvalue weighted by molar-refractivity contribution is 0.0310. The molecule has 0 bridgehead atoms. The smallest absolute Gasteiger partial charge is 0.259 e. The van der Waals surface area contributed by atoms with Gasteiger partial charge in [-0.15, -0.1) is 5.10 Å². The van der Waals surface area contributed by atoms with Crippen LogP contribution in [0.2, 0.25) is 0 Å². The second-order valence-corrected chi connectivity index (χ2v) is 14.2. The van der Waals surface area contributed by atoms with Gasteiger partial charge in [0.1, 0.15) is 11.5 Å². The van der Waals surface area contributed by atoms with E-state index in [1.54, 1.807) is 10.9 Å². The van der Waals surface area contributed by atoms with Crippen LogP contribution < -0.4 is 5.73 Å². The van der Waals surface area contributed by atoms with Gasteiger partial charge in [-0.3, -0.25) is 4.79 Å². The minimum absolute atomic E-state index is 0.0658. The molecule has 3 aromatic heterocycles. The molecule has 1 unspecified atom stereocenters. The molecule has 1 aromatic carbocycles. The molecule has 9 nitrogen and oxygen atoms in total. The second kappa shape index (κ2) is 10.1. The van der Waals surface area contributed by atoms with Crippen molar-refractivity contribution >= 4 is 38.6 Å². The number of fused-ring (bicyclic) bond motifs is 1. The Morgan fingerprint density at radius 3 is 2.64 bits per heavy atom. The van der Waals surface area contributed by atoms with Crippen molar-refractivity contribution in [3.8, 4) is 11.3 Å². The van der Waals surface area contributed by atoms with Crippen LogP contribution >= 0.6 is 15.9 Å². The third-order valence-corrected chi connectivity index (χ3v) is 9.01. The fourth-order valence-corrected chi connectivity index (χ4v) is 6.06. The van der Waals surface area contributed by atoms with E-state index in [1.807, 2.05) is 11.0 Å². The van der Waals surface area contributed by atoms with Crippen LogP contribution in [-0.2, 0) is 6.42 Å². The molecule has 1 atom stereocenters. The van der Waals surface area contributed by atoms with E-state index in [0.717, 1.165) is 36.7 Å². The van der Waals surface area contributed by atoms with Crippen molar-refractivity contribution in [1.29, 1.82) is 0 Å². The summed E-state index contributed by atoms with van der Waals surface area (Å²) in [5, 5.41) is 13.5. The van der Waals surface area contributed by atoms with Gasteiger partial charge in [-0.25, -0.2) is 18.4 Å². The predicted molar refractivity (Wildman–Crippen MR) is 158 cm³/mol. The quantitative estimate of drug-likeness (QED) is 0.188. The molecule has 4 aromatic rings. The largest absolute Gasteiger partial charge is 0.396 e. The van der Waals surface area contributed by atoms with Gasteiger partial charge in [0, 0.05) is 29.3 Å². The molecule has 2 aliphatic rings. The molecule has 6 rings (SSSR count). The number of amides is 1. The predicted octanol–water partition coefficient (Wildman–Crippen LogP) is 6.83. The fourth-order valence-electron chi connectivity index (χ4n) is 5.73. The lowest BCUT2D eigenvalue weighted by atomic mass is 9.86. The fraction of sp³-hybridized carbons (Fsp3) is 0.500.